The summed E-state index contributed by atoms with van der Waals surface area (Å²) in [5, 5.41) is 12.5. The SMILES string of the molecule is COc1cc([C@H]2C3=CC[C@@H]4C(=O)N(Cc5cccs5)C(=O)[C@@H]4[C@@H]3C[C@@]3(Cl)C(=O)N(C)C(=O)[C@@]23Cl)c(Br)c(Br)c1O. The fourth-order valence-electron chi connectivity index (χ4n) is 6.85. The Morgan fingerprint density at radius 2 is 1.85 bits per heavy atom. The zero-order valence-electron chi connectivity index (χ0n) is 21.1. The first-order chi connectivity index (χ1) is 18.9. The summed E-state index contributed by atoms with van der Waals surface area (Å²) in [6, 6.07) is 5.28. The highest BCUT2D eigenvalue weighted by atomic mass is 79.9. The molecule has 0 bridgehead atoms. The van der Waals surface area contributed by atoms with E-state index >= 15 is 0 Å². The number of phenolic OH excluding ortho intramolecular Hbond substituents is 1. The molecule has 8 nitrogen and oxygen atoms in total. The summed E-state index contributed by atoms with van der Waals surface area (Å²) >= 11 is 22.8. The molecule has 0 spiro atoms. The van der Waals surface area contributed by atoms with Crippen molar-refractivity contribution in [3.05, 3.63) is 54.6 Å². The number of carbonyl (C=O) groups excluding carboxylic acids is 4. The predicted octanol–water partition coefficient (Wildman–Crippen LogP) is 5.18. The van der Waals surface area contributed by atoms with Gasteiger partial charge in [-0.3, -0.25) is 29.0 Å². The molecule has 210 valence electrons. The van der Waals surface area contributed by atoms with E-state index in [1.807, 2.05) is 23.6 Å². The van der Waals surface area contributed by atoms with Crippen LogP contribution < -0.4 is 4.74 Å². The number of aromatic hydroxyl groups is 1. The molecular weight excluding hydrogens is 711 g/mol. The Labute approximate surface area is 260 Å². The number of allylic oxidation sites excluding steroid dienone is 2. The van der Waals surface area contributed by atoms with Gasteiger partial charge in [-0.1, -0.05) is 17.7 Å². The third-order valence-electron chi connectivity index (χ3n) is 8.70. The second kappa shape index (κ2) is 9.55. The first kappa shape index (κ1) is 28.2. The Morgan fingerprint density at radius 3 is 2.50 bits per heavy atom. The lowest BCUT2D eigenvalue weighted by atomic mass is 9.56. The van der Waals surface area contributed by atoms with Crippen LogP contribution in [0.3, 0.4) is 0 Å². The normalized spacial score (nSPS) is 33.2. The van der Waals surface area contributed by atoms with Crippen LogP contribution in [0.15, 0.2) is 44.2 Å². The van der Waals surface area contributed by atoms with Crippen molar-refractivity contribution in [2.75, 3.05) is 14.2 Å². The van der Waals surface area contributed by atoms with Crippen molar-refractivity contribution >= 4 is 90.0 Å². The lowest BCUT2D eigenvalue weighted by Crippen LogP contribution is -2.60. The van der Waals surface area contributed by atoms with Crippen molar-refractivity contribution in [1.82, 2.24) is 9.80 Å². The van der Waals surface area contributed by atoms with Crippen molar-refractivity contribution in [2.24, 2.45) is 17.8 Å². The van der Waals surface area contributed by atoms with Crippen molar-refractivity contribution in [2.45, 2.75) is 35.1 Å². The number of nitrogens with zero attached hydrogens (tertiary/aromatic N) is 2. The highest BCUT2D eigenvalue weighted by Gasteiger charge is 2.76. The minimum Gasteiger partial charge on any atom is -0.503 e. The van der Waals surface area contributed by atoms with Gasteiger partial charge in [-0.25, -0.2) is 0 Å². The van der Waals surface area contributed by atoms with E-state index in [-0.39, 0.29) is 47.2 Å². The Kier molecular flexibility index (Phi) is 6.74. The summed E-state index contributed by atoms with van der Waals surface area (Å²) in [4.78, 5) is 54.0. The molecule has 2 aliphatic carbocycles. The lowest BCUT2D eigenvalue weighted by Gasteiger charge is -2.51. The maximum Gasteiger partial charge on any atom is 0.253 e. The number of likely N-dealkylation sites (tertiary alicyclic amines) is 2. The number of halogens is 4. The van der Waals surface area contributed by atoms with Crippen molar-refractivity contribution < 1.29 is 29.0 Å². The van der Waals surface area contributed by atoms with Crippen molar-refractivity contribution in [3.63, 3.8) is 0 Å². The van der Waals surface area contributed by atoms with Crippen molar-refractivity contribution in [1.29, 1.82) is 0 Å². The molecule has 2 saturated heterocycles. The van der Waals surface area contributed by atoms with Crippen LogP contribution in [0.25, 0.3) is 0 Å². The quantitative estimate of drug-likeness (QED) is 0.264. The first-order valence-corrected chi connectivity index (χ1v) is 15.6. The molecule has 3 heterocycles. The number of hydrogen-bond donors (Lipinski definition) is 1. The second-order valence-electron chi connectivity index (χ2n) is 10.5. The van der Waals surface area contributed by atoms with Crippen LogP contribution in [-0.4, -0.2) is 62.4 Å². The van der Waals surface area contributed by atoms with Gasteiger partial charge < -0.3 is 9.84 Å². The molecule has 1 aromatic carbocycles. The molecule has 13 heteroatoms. The summed E-state index contributed by atoms with van der Waals surface area (Å²) in [7, 11) is 2.73. The van der Waals surface area contributed by atoms with Gasteiger partial charge >= 0.3 is 0 Å². The van der Waals surface area contributed by atoms with Gasteiger partial charge in [0.15, 0.2) is 21.2 Å². The standard InChI is InChI=1S/C27H22Br2Cl2N2O6S/c1-32-24(37)26(30)9-15-12(5-6-13-17(15)23(36)33(22(13)35)10-11-4-3-7-40-11)18(27(26,31)25(32)38)14-8-16(39-2)21(34)20(29)19(14)28/h3-5,7-8,13,15,17-18,34H,6,9-10H2,1-2H3/t13-,15+,17-,18+,26+,27-/m0/s1. The Bertz CT molecular complexity index is 1530. The number of amides is 4. The van der Waals surface area contributed by atoms with Crippen LogP contribution in [-0.2, 0) is 25.7 Å². The van der Waals surface area contributed by atoms with E-state index in [9.17, 15) is 24.3 Å². The van der Waals surface area contributed by atoms with Gasteiger partial charge in [0.25, 0.3) is 11.8 Å². The number of rotatable bonds is 4. The fraction of sp³-hybridized carbons (Fsp3) is 0.407. The molecule has 4 aliphatic rings. The monoisotopic (exact) mass is 730 g/mol. The van der Waals surface area contributed by atoms with Crippen molar-refractivity contribution in [3.8, 4) is 11.5 Å². The molecule has 4 amide bonds. The fourth-order valence-corrected chi connectivity index (χ4v) is 9.51. The van der Waals surface area contributed by atoms with Crippen LogP contribution in [0.5, 0.6) is 11.5 Å². The van der Waals surface area contributed by atoms with Gasteiger partial charge in [0.2, 0.25) is 11.8 Å². The van der Waals surface area contributed by atoms with Gasteiger partial charge in [0, 0.05) is 22.3 Å². The van der Waals surface area contributed by atoms with Crippen LogP contribution in [0, 0.1) is 17.8 Å². The number of ether oxygens (including phenoxy) is 1. The number of fused-ring (bicyclic) bond motifs is 4. The molecule has 1 saturated carbocycles. The number of phenols is 1. The zero-order valence-corrected chi connectivity index (χ0v) is 26.6. The van der Waals surface area contributed by atoms with Gasteiger partial charge in [-0.15, -0.1) is 34.5 Å². The topological polar surface area (TPSA) is 104 Å². The van der Waals surface area contributed by atoms with Crippen LogP contribution >= 0.6 is 66.4 Å². The Morgan fingerprint density at radius 1 is 1.12 bits per heavy atom. The molecule has 40 heavy (non-hydrogen) atoms. The van der Waals surface area contributed by atoms with E-state index in [4.69, 9.17) is 27.9 Å². The van der Waals surface area contributed by atoms with E-state index < -0.39 is 45.2 Å². The molecule has 3 fully saturated rings. The second-order valence-corrected chi connectivity index (χ2v) is 14.3. The lowest BCUT2D eigenvalue weighted by molar-refractivity contribution is -0.141. The molecule has 6 rings (SSSR count). The molecule has 0 unspecified atom stereocenters. The highest BCUT2D eigenvalue weighted by molar-refractivity contribution is 9.13. The number of alkyl halides is 2. The number of methoxy groups -OCH3 is 1. The highest BCUT2D eigenvalue weighted by Crippen LogP contribution is 2.66. The minimum absolute atomic E-state index is 0.0870. The van der Waals surface area contributed by atoms with Gasteiger partial charge in [-0.05, 0) is 73.7 Å². The van der Waals surface area contributed by atoms with E-state index in [1.165, 1.54) is 30.4 Å². The number of benzene rings is 1. The molecule has 0 radical (unpaired) electrons. The Hall–Kier alpha value is -1.92. The molecule has 2 aliphatic heterocycles. The molecule has 1 aromatic heterocycles. The van der Waals surface area contributed by atoms with E-state index in [0.717, 1.165) is 9.78 Å². The predicted molar refractivity (Wildman–Crippen MR) is 155 cm³/mol. The summed E-state index contributed by atoms with van der Waals surface area (Å²) in [5.41, 5.74) is 1.10. The maximum atomic E-state index is 13.9. The summed E-state index contributed by atoms with van der Waals surface area (Å²) in [6.07, 6.45) is 2.05. The number of imide groups is 2. The molecule has 2 aromatic rings. The van der Waals surface area contributed by atoms with Crippen LogP contribution in [0.2, 0.25) is 0 Å². The average Bonchev–Trinajstić information content (AvgIpc) is 3.57. The number of hydrogen-bond acceptors (Lipinski definition) is 7. The van der Waals surface area contributed by atoms with Crippen LogP contribution in [0.4, 0.5) is 0 Å². The molecule has 6 atom stereocenters. The van der Waals surface area contributed by atoms with Gasteiger partial charge in [0.1, 0.15) is 0 Å². The molecule has 1 N–H and O–H groups in total. The Balaban J connectivity index is 1.54. The largest absolute Gasteiger partial charge is 0.503 e. The average molecular weight is 733 g/mol. The summed E-state index contributed by atoms with van der Waals surface area (Å²) in [6.45, 7) is 0.174. The third kappa shape index (κ3) is 3.53. The van der Waals surface area contributed by atoms with E-state index in [0.29, 0.717) is 15.6 Å². The van der Waals surface area contributed by atoms with Crippen LogP contribution in [0.1, 0.15) is 29.2 Å². The first-order valence-electron chi connectivity index (χ1n) is 12.4. The third-order valence-corrected chi connectivity index (χ3v) is 13.1. The van der Waals surface area contributed by atoms with Gasteiger partial charge in [0.05, 0.1) is 30.0 Å². The zero-order chi connectivity index (χ0) is 28.9. The van der Waals surface area contributed by atoms with E-state index in [1.54, 1.807) is 6.07 Å². The maximum absolute atomic E-state index is 13.9. The minimum atomic E-state index is -1.94. The summed E-state index contributed by atoms with van der Waals surface area (Å²) < 4.78 is 6.04. The summed E-state index contributed by atoms with van der Waals surface area (Å²) in [5.74, 6) is -4.96. The smallest absolute Gasteiger partial charge is 0.253 e. The van der Waals surface area contributed by atoms with E-state index in [2.05, 4.69) is 31.9 Å². The van der Waals surface area contributed by atoms with Gasteiger partial charge in [-0.2, -0.15) is 0 Å². The number of thiophene rings is 1. The molecular formula is C27H22Br2Cl2N2O6S. The number of carbonyl (C=O) groups is 4.